The Balaban J connectivity index is 2.11. The SMILES string of the molecule is CC(C)(C)c1ccc(O)c(CCCc2cc(C(C)(C)C)ccc2O)c1. The van der Waals surface area contributed by atoms with Gasteiger partial charge in [-0.3, -0.25) is 0 Å². The van der Waals surface area contributed by atoms with Crippen molar-refractivity contribution in [1.82, 2.24) is 0 Å². The molecule has 0 aliphatic rings. The van der Waals surface area contributed by atoms with E-state index in [9.17, 15) is 10.2 Å². The first kappa shape index (κ1) is 19.4. The minimum Gasteiger partial charge on any atom is -0.508 e. The largest absolute Gasteiger partial charge is 0.508 e. The maximum Gasteiger partial charge on any atom is 0.118 e. The zero-order valence-corrected chi connectivity index (χ0v) is 16.5. The van der Waals surface area contributed by atoms with Crippen molar-refractivity contribution in [3.8, 4) is 11.5 Å². The number of aromatic hydroxyl groups is 2. The van der Waals surface area contributed by atoms with Crippen molar-refractivity contribution in [2.75, 3.05) is 0 Å². The van der Waals surface area contributed by atoms with Crippen LogP contribution in [0.3, 0.4) is 0 Å². The van der Waals surface area contributed by atoms with Gasteiger partial charge in [-0.1, -0.05) is 65.8 Å². The van der Waals surface area contributed by atoms with E-state index in [0.717, 1.165) is 30.4 Å². The lowest BCUT2D eigenvalue weighted by molar-refractivity contribution is 0.462. The molecule has 2 aromatic carbocycles. The molecule has 136 valence electrons. The summed E-state index contributed by atoms with van der Waals surface area (Å²) in [5.41, 5.74) is 4.58. The highest BCUT2D eigenvalue weighted by Crippen LogP contribution is 2.30. The number of phenols is 2. The molecule has 0 heterocycles. The lowest BCUT2D eigenvalue weighted by Gasteiger charge is -2.21. The molecule has 2 rings (SSSR count). The second-order valence-electron chi connectivity index (χ2n) is 9.04. The number of rotatable bonds is 4. The van der Waals surface area contributed by atoms with Gasteiger partial charge in [0.05, 0.1) is 0 Å². The van der Waals surface area contributed by atoms with Crippen LogP contribution in [0.5, 0.6) is 11.5 Å². The Bertz CT molecular complexity index is 667. The van der Waals surface area contributed by atoms with Crippen LogP contribution in [-0.4, -0.2) is 10.2 Å². The Morgan fingerprint density at radius 2 is 1.00 bits per heavy atom. The van der Waals surface area contributed by atoms with Crippen LogP contribution in [0.4, 0.5) is 0 Å². The van der Waals surface area contributed by atoms with E-state index in [-0.39, 0.29) is 10.8 Å². The Morgan fingerprint density at radius 3 is 1.32 bits per heavy atom. The van der Waals surface area contributed by atoms with Crippen molar-refractivity contribution in [3.63, 3.8) is 0 Å². The molecule has 0 aromatic heterocycles. The zero-order valence-electron chi connectivity index (χ0n) is 16.5. The average molecular weight is 341 g/mol. The molecule has 0 spiro atoms. The Hall–Kier alpha value is -1.96. The molecule has 2 N–H and O–H groups in total. The first-order valence-corrected chi connectivity index (χ1v) is 9.13. The number of hydrogen-bond acceptors (Lipinski definition) is 2. The summed E-state index contributed by atoms with van der Waals surface area (Å²) < 4.78 is 0. The van der Waals surface area contributed by atoms with Gasteiger partial charge in [0.1, 0.15) is 11.5 Å². The van der Waals surface area contributed by atoms with Crippen LogP contribution in [0, 0.1) is 0 Å². The van der Waals surface area contributed by atoms with Gasteiger partial charge in [-0.2, -0.15) is 0 Å². The molecule has 0 amide bonds. The molecule has 2 aromatic rings. The second-order valence-corrected chi connectivity index (χ2v) is 9.04. The van der Waals surface area contributed by atoms with E-state index in [2.05, 4.69) is 53.7 Å². The minimum atomic E-state index is 0.0712. The van der Waals surface area contributed by atoms with Gasteiger partial charge < -0.3 is 10.2 Å². The van der Waals surface area contributed by atoms with Crippen LogP contribution in [0.25, 0.3) is 0 Å². The van der Waals surface area contributed by atoms with Gasteiger partial charge in [0.15, 0.2) is 0 Å². The molecule has 2 heteroatoms. The standard InChI is InChI=1S/C23H32O2/c1-22(2,3)18-10-12-20(24)16(14-18)8-7-9-17-15-19(23(4,5)6)11-13-21(17)25/h10-15,24-25H,7-9H2,1-6H3. The second kappa shape index (κ2) is 7.11. The fraction of sp³-hybridized carbons (Fsp3) is 0.478. The molecule has 25 heavy (non-hydrogen) atoms. The molecule has 0 saturated carbocycles. The first-order valence-electron chi connectivity index (χ1n) is 9.13. The number of aryl methyl sites for hydroxylation is 2. The van der Waals surface area contributed by atoms with Crippen molar-refractivity contribution in [1.29, 1.82) is 0 Å². The fourth-order valence-electron chi connectivity index (χ4n) is 2.97. The smallest absolute Gasteiger partial charge is 0.118 e. The summed E-state index contributed by atoms with van der Waals surface area (Å²) in [5, 5.41) is 20.3. The maximum absolute atomic E-state index is 10.2. The summed E-state index contributed by atoms with van der Waals surface area (Å²) in [6.45, 7) is 13.1. The van der Waals surface area contributed by atoms with E-state index >= 15 is 0 Å². The third-order valence-electron chi connectivity index (χ3n) is 4.78. The summed E-state index contributed by atoms with van der Waals surface area (Å²) in [6, 6.07) is 11.8. The molecule has 0 saturated heterocycles. The van der Waals surface area contributed by atoms with Gasteiger partial charge in [-0.25, -0.2) is 0 Å². The predicted octanol–water partition coefficient (Wildman–Crippen LogP) is 5.87. The average Bonchev–Trinajstić information content (AvgIpc) is 2.48. The third-order valence-corrected chi connectivity index (χ3v) is 4.78. The van der Waals surface area contributed by atoms with Gasteiger partial charge >= 0.3 is 0 Å². The van der Waals surface area contributed by atoms with Crippen molar-refractivity contribution < 1.29 is 10.2 Å². The summed E-state index contributed by atoms with van der Waals surface area (Å²) in [7, 11) is 0. The summed E-state index contributed by atoms with van der Waals surface area (Å²) >= 11 is 0. The zero-order chi connectivity index (χ0) is 18.8. The van der Waals surface area contributed by atoms with E-state index in [1.165, 1.54) is 11.1 Å². The highest BCUT2D eigenvalue weighted by Gasteiger charge is 2.17. The van der Waals surface area contributed by atoms with Gasteiger partial charge in [0, 0.05) is 0 Å². The van der Waals surface area contributed by atoms with Crippen molar-refractivity contribution in [3.05, 3.63) is 58.7 Å². The predicted molar refractivity (Wildman–Crippen MR) is 106 cm³/mol. The van der Waals surface area contributed by atoms with Crippen molar-refractivity contribution in [2.45, 2.75) is 71.6 Å². The van der Waals surface area contributed by atoms with Crippen molar-refractivity contribution >= 4 is 0 Å². The Labute approximate surface area is 152 Å². The summed E-state index contributed by atoms with van der Waals surface area (Å²) in [5.74, 6) is 0.723. The fourth-order valence-corrected chi connectivity index (χ4v) is 2.97. The lowest BCUT2D eigenvalue weighted by Crippen LogP contribution is -2.11. The molecule has 0 aliphatic heterocycles. The Kier molecular flexibility index (Phi) is 5.51. The Morgan fingerprint density at radius 1 is 0.640 bits per heavy atom. The minimum absolute atomic E-state index is 0.0712. The third kappa shape index (κ3) is 5.01. The number of phenolic OH excluding ortho intramolecular Hbond substituents is 2. The lowest BCUT2D eigenvalue weighted by atomic mass is 9.84. The first-order chi connectivity index (χ1) is 11.5. The van der Waals surface area contributed by atoms with Gasteiger partial charge in [0.2, 0.25) is 0 Å². The van der Waals surface area contributed by atoms with E-state index in [1.54, 1.807) is 12.1 Å². The molecule has 2 nitrogen and oxygen atoms in total. The summed E-state index contributed by atoms with van der Waals surface area (Å²) in [6.07, 6.45) is 2.49. The van der Waals surface area contributed by atoms with Gasteiger partial charge in [-0.05, 0) is 64.5 Å². The van der Waals surface area contributed by atoms with Crippen LogP contribution in [0.2, 0.25) is 0 Å². The molecule has 0 atom stereocenters. The van der Waals surface area contributed by atoms with Crippen LogP contribution < -0.4 is 0 Å². The molecule has 0 radical (unpaired) electrons. The molecular formula is C23H32O2. The quantitative estimate of drug-likeness (QED) is 0.731. The molecule has 0 bridgehead atoms. The molecular weight excluding hydrogens is 308 g/mol. The van der Waals surface area contributed by atoms with Gasteiger partial charge in [-0.15, -0.1) is 0 Å². The van der Waals surface area contributed by atoms with E-state index in [1.807, 2.05) is 12.1 Å². The van der Waals surface area contributed by atoms with Gasteiger partial charge in [0.25, 0.3) is 0 Å². The van der Waals surface area contributed by atoms with Crippen molar-refractivity contribution in [2.24, 2.45) is 0 Å². The van der Waals surface area contributed by atoms with E-state index in [0.29, 0.717) is 11.5 Å². The van der Waals surface area contributed by atoms with E-state index < -0.39 is 0 Å². The van der Waals surface area contributed by atoms with Crippen LogP contribution in [0.15, 0.2) is 36.4 Å². The molecule has 0 aliphatic carbocycles. The highest BCUT2D eigenvalue weighted by atomic mass is 16.3. The maximum atomic E-state index is 10.2. The topological polar surface area (TPSA) is 40.5 Å². The van der Waals surface area contributed by atoms with Crippen LogP contribution >= 0.6 is 0 Å². The number of benzene rings is 2. The normalized spacial score (nSPS) is 12.4. The monoisotopic (exact) mass is 340 g/mol. The summed E-state index contributed by atoms with van der Waals surface area (Å²) in [4.78, 5) is 0. The molecule has 0 fully saturated rings. The number of hydrogen-bond donors (Lipinski definition) is 2. The van der Waals surface area contributed by atoms with E-state index in [4.69, 9.17) is 0 Å². The van der Waals surface area contributed by atoms with Crippen LogP contribution in [-0.2, 0) is 23.7 Å². The highest BCUT2D eigenvalue weighted by molar-refractivity contribution is 5.40. The van der Waals surface area contributed by atoms with Crippen LogP contribution in [0.1, 0.15) is 70.2 Å². The molecule has 0 unspecified atom stereocenters.